The molecule has 0 fully saturated rings. The zero-order valence-corrected chi connectivity index (χ0v) is 19.7. The molecule has 35 heavy (non-hydrogen) atoms. The molecule has 0 saturated heterocycles. The van der Waals surface area contributed by atoms with Crippen LogP contribution in [-0.2, 0) is 6.54 Å². The van der Waals surface area contributed by atoms with Crippen LogP contribution in [0.25, 0.3) is 10.8 Å². The predicted molar refractivity (Wildman–Crippen MR) is 134 cm³/mol. The molecule has 0 aliphatic carbocycles. The minimum Gasteiger partial charge on any atom is -0.486 e. The van der Waals surface area contributed by atoms with E-state index >= 15 is 0 Å². The Hall–Kier alpha value is -4.13. The third kappa shape index (κ3) is 4.62. The van der Waals surface area contributed by atoms with Crippen LogP contribution in [0.15, 0.2) is 77.6 Å². The van der Waals surface area contributed by atoms with Crippen molar-refractivity contribution >= 4 is 16.7 Å². The molecule has 4 aromatic rings. The molecular weight excluding hydrogens is 442 g/mol. The Labute approximate surface area is 203 Å². The Bertz CT molecular complexity index is 1430. The van der Waals surface area contributed by atoms with Gasteiger partial charge in [-0.15, -0.1) is 0 Å². The van der Waals surface area contributed by atoms with Crippen LogP contribution in [0.4, 0.5) is 0 Å². The first-order chi connectivity index (χ1) is 17.0. The second-order valence-corrected chi connectivity index (χ2v) is 8.94. The van der Waals surface area contributed by atoms with E-state index in [0.29, 0.717) is 35.5 Å². The summed E-state index contributed by atoms with van der Waals surface area (Å²) in [7, 11) is 0. The average Bonchev–Trinajstić information content (AvgIpc) is 2.89. The summed E-state index contributed by atoms with van der Waals surface area (Å²) in [5.41, 5.74) is 1.84. The summed E-state index contributed by atoms with van der Waals surface area (Å²) in [4.78, 5) is 26.7. The predicted octanol–water partition coefficient (Wildman–Crippen LogP) is 4.34. The number of benzene rings is 3. The van der Waals surface area contributed by atoms with Crippen LogP contribution in [-0.4, -0.2) is 28.9 Å². The number of fused-ring (bicyclic) bond motifs is 2. The molecule has 1 aliphatic rings. The molecule has 0 spiro atoms. The largest absolute Gasteiger partial charge is 0.486 e. The third-order valence-electron chi connectivity index (χ3n) is 6.14. The highest BCUT2D eigenvalue weighted by atomic mass is 16.6. The van der Waals surface area contributed by atoms with Gasteiger partial charge >= 0.3 is 0 Å². The summed E-state index contributed by atoms with van der Waals surface area (Å²) in [6.45, 7) is 5.38. The molecule has 1 N–H and O–H groups in total. The summed E-state index contributed by atoms with van der Waals surface area (Å²) in [6.07, 6.45) is 0. The molecule has 1 atom stereocenters. The van der Waals surface area contributed by atoms with E-state index in [1.807, 2.05) is 68.4 Å². The number of nitrogens with one attached hydrogen (secondary N) is 1. The second-order valence-electron chi connectivity index (χ2n) is 8.94. The molecule has 1 aromatic heterocycles. The van der Waals surface area contributed by atoms with E-state index in [1.54, 1.807) is 18.2 Å². The van der Waals surface area contributed by atoms with Gasteiger partial charge in [-0.1, -0.05) is 68.4 Å². The fraction of sp³-hybridized carbons (Fsp3) is 0.250. The fourth-order valence-electron chi connectivity index (χ4n) is 4.36. The third-order valence-corrected chi connectivity index (χ3v) is 6.14. The average molecular weight is 470 g/mol. The molecule has 5 rings (SSSR count). The van der Waals surface area contributed by atoms with E-state index in [4.69, 9.17) is 9.47 Å². The van der Waals surface area contributed by atoms with Crippen molar-refractivity contribution in [2.75, 3.05) is 13.2 Å². The highest BCUT2D eigenvalue weighted by molar-refractivity contribution is 6.04. The minimum atomic E-state index is -0.336. The zero-order valence-electron chi connectivity index (χ0n) is 19.7. The highest BCUT2D eigenvalue weighted by Crippen LogP contribution is 2.34. The first-order valence-electron chi connectivity index (χ1n) is 11.8. The Kier molecular flexibility index (Phi) is 6.23. The molecule has 0 radical (unpaired) electrons. The summed E-state index contributed by atoms with van der Waals surface area (Å²) in [6, 6.07) is 22.2. The second kappa shape index (κ2) is 9.62. The molecule has 1 unspecified atom stereocenters. The number of carbonyl (C=O) groups is 1. The summed E-state index contributed by atoms with van der Waals surface area (Å²) >= 11 is 0. The molecule has 1 amide bonds. The van der Waals surface area contributed by atoms with Crippen LogP contribution in [0.1, 0.15) is 41.5 Å². The first-order valence-corrected chi connectivity index (χ1v) is 11.8. The number of carbonyl (C=O) groups excluding carboxylic acids is 1. The lowest BCUT2D eigenvalue weighted by atomic mass is 9.95. The van der Waals surface area contributed by atoms with E-state index in [9.17, 15) is 9.59 Å². The number of ether oxygens (including phenoxy) is 2. The van der Waals surface area contributed by atoms with Crippen LogP contribution in [0.3, 0.4) is 0 Å². The normalized spacial score (nSPS) is 13.6. The summed E-state index contributed by atoms with van der Waals surface area (Å²) in [5, 5.41) is 8.66. The minimum absolute atomic E-state index is 0.1000. The van der Waals surface area contributed by atoms with Gasteiger partial charge in [-0.05, 0) is 35.2 Å². The number of hydrogen-bond donors (Lipinski definition) is 1. The van der Waals surface area contributed by atoms with Crippen molar-refractivity contribution in [3.8, 4) is 11.5 Å². The van der Waals surface area contributed by atoms with Crippen molar-refractivity contribution in [3.05, 3.63) is 100.0 Å². The van der Waals surface area contributed by atoms with E-state index in [2.05, 4.69) is 10.4 Å². The molecular formula is C28H27N3O4. The molecule has 1 aliphatic heterocycles. The maximum Gasteiger partial charge on any atom is 0.274 e. The molecule has 3 aromatic carbocycles. The van der Waals surface area contributed by atoms with Crippen molar-refractivity contribution in [2.45, 2.75) is 26.4 Å². The van der Waals surface area contributed by atoms with Crippen molar-refractivity contribution in [1.82, 2.24) is 15.1 Å². The van der Waals surface area contributed by atoms with Gasteiger partial charge in [-0.3, -0.25) is 9.59 Å². The summed E-state index contributed by atoms with van der Waals surface area (Å²) in [5.74, 6) is 1.14. The number of hydrogen-bond acceptors (Lipinski definition) is 5. The quantitative estimate of drug-likeness (QED) is 0.454. The van der Waals surface area contributed by atoms with Crippen molar-refractivity contribution in [1.29, 1.82) is 0 Å². The Morgan fingerprint density at radius 1 is 0.943 bits per heavy atom. The zero-order chi connectivity index (χ0) is 24.4. The van der Waals surface area contributed by atoms with Gasteiger partial charge in [-0.25, -0.2) is 4.68 Å². The topological polar surface area (TPSA) is 82.5 Å². The molecule has 178 valence electrons. The van der Waals surface area contributed by atoms with E-state index < -0.39 is 0 Å². The smallest absolute Gasteiger partial charge is 0.274 e. The van der Waals surface area contributed by atoms with Gasteiger partial charge < -0.3 is 14.8 Å². The molecule has 7 heteroatoms. The van der Waals surface area contributed by atoms with Gasteiger partial charge in [0, 0.05) is 5.39 Å². The van der Waals surface area contributed by atoms with E-state index in [-0.39, 0.29) is 35.7 Å². The lowest BCUT2D eigenvalue weighted by Gasteiger charge is -2.25. The van der Waals surface area contributed by atoms with Crippen molar-refractivity contribution in [3.63, 3.8) is 0 Å². The molecule has 7 nitrogen and oxygen atoms in total. The van der Waals surface area contributed by atoms with E-state index in [0.717, 1.165) is 11.1 Å². The number of aromatic nitrogens is 2. The maximum absolute atomic E-state index is 13.6. The fourth-order valence-corrected chi connectivity index (χ4v) is 4.36. The highest BCUT2D eigenvalue weighted by Gasteiger charge is 2.24. The first kappa shape index (κ1) is 22.7. The van der Waals surface area contributed by atoms with E-state index in [1.165, 1.54) is 4.68 Å². The van der Waals surface area contributed by atoms with Crippen LogP contribution in [0.5, 0.6) is 11.5 Å². The molecule has 0 bridgehead atoms. The Balaban J connectivity index is 1.52. The van der Waals surface area contributed by atoms with Crippen LogP contribution in [0, 0.1) is 5.92 Å². The number of nitrogens with zero attached hydrogens (tertiary/aromatic N) is 2. The number of rotatable bonds is 6. The summed E-state index contributed by atoms with van der Waals surface area (Å²) < 4.78 is 12.7. The monoisotopic (exact) mass is 469 g/mol. The Morgan fingerprint density at radius 2 is 1.63 bits per heavy atom. The van der Waals surface area contributed by atoms with Gasteiger partial charge in [0.25, 0.3) is 11.5 Å². The van der Waals surface area contributed by atoms with Crippen molar-refractivity contribution < 1.29 is 14.3 Å². The van der Waals surface area contributed by atoms with Crippen LogP contribution < -0.4 is 20.3 Å². The maximum atomic E-state index is 13.6. The lowest BCUT2D eigenvalue weighted by Crippen LogP contribution is -2.35. The molecule has 2 heterocycles. The van der Waals surface area contributed by atoms with Crippen LogP contribution in [0.2, 0.25) is 0 Å². The SMILES string of the molecule is CC(C)C(NC(=O)c1nn(Cc2ccccc2)c(=O)c2ccccc12)c1ccc2c(c1)OCCO2. The van der Waals surface area contributed by atoms with Gasteiger partial charge in [-0.2, -0.15) is 5.10 Å². The van der Waals surface area contributed by atoms with Gasteiger partial charge in [0.2, 0.25) is 0 Å². The van der Waals surface area contributed by atoms with Gasteiger partial charge in [0.1, 0.15) is 13.2 Å². The standard InChI is InChI=1S/C28H27N3O4/c1-18(2)25(20-12-13-23-24(16-20)35-15-14-34-23)29-27(32)26-21-10-6-7-11-22(21)28(33)31(30-26)17-19-8-4-3-5-9-19/h3-13,16,18,25H,14-15,17H2,1-2H3,(H,29,32). The van der Waals surface area contributed by atoms with Crippen LogP contribution >= 0.6 is 0 Å². The molecule has 0 saturated carbocycles. The van der Waals surface area contributed by atoms with Gasteiger partial charge in [0.05, 0.1) is 18.0 Å². The Morgan fingerprint density at radius 3 is 2.37 bits per heavy atom. The van der Waals surface area contributed by atoms with Crippen molar-refractivity contribution in [2.24, 2.45) is 5.92 Å². The number of amides is 1. The van der Waals surface area contributed by atoms with Gasteiger partial charge in [0.15, 0.2) is 17.2 Å². The lowest BCUT2D eigenvalue weighted by molar-refractivity contribution is 0.0919.